The topological polar surface area (TPSA) is 63.2 Å². The number of hydrogen-bond acceptors (Lipinski definition) is 3. The van der Waals surface area contributed by atoms with Crippen LogP contribution >= 0.6 is 15.9 Å². The molecular weight excluding hydrogens is 330 g/mol. The Morgan fingerprint density at radius 2 is 2.11 bits per heavy atom. The Morgan fingerprint density at radius 3 is 2.74 bits per heavy atom. The van der Waals surface area contributed by atoms with Crippen molar-refractivity contribution in [3.05, 3.63) is 28.2 Å². The van der Waals surface area contributed by atoms with E-state index < -0.39 is 21.0 Å². The average Bonchev–Trinajstić information content (AvgIpc) is 2.33. The molecule has 1 saturated heterocycles. The van der Waals surface area contributed by atoms with E-state index in [1.165, 1.54) is 0 Å². The molecule has 1 heterocycles. The van der Waals surface area contributed by atoms with E-state index in [0.717, 1.165) is 16.5 Å². The van der Waals surface area contributed by atoms with E-state index in [2.05, 4.69) is 21.2 Å². The number of anilines is 1. The molecule has 0 radical (unpaired) electrons. The van der Waals surface area contributed by atoms with Crippen molar-refractivity contribution in [2.24, 2.45) is 0 Å². The third-order valence-corrected chi connectivity index (χ3v) is 6.34. The lowest BCUT2D eigenvalue weighted by Gasteiger charge is -2.21. The summed E-state index contributed by atoms with van der Waals surface area (Å²) in [6.45, 7) is 1.95. The molecule has 104 valence electrons. The van der Waals surface area contributed by atoms with Gasteiger partial charge >= 0.3 is 0 Å². The van der Waals surface area contributed by atoms with Crippen LogP contribution in [0.4, 0.5) is 5.69 Å². The maximum Gasteiger partial charge on any atom is 0.242 e. The van der Waals surface area contributed by atoms with Crippen molar-refractivity contribution in [3.63, 3.8) is 0 Å². The highest BCUT2D eigenvalue weighted by Crippen LogP contribution is 2.23. The predicted molar refractivity (Wildman–Crippen MR) is 78.9 cm³/mol. The summed E-state index contributed by atoms with van der Waals surface area (Å²) in [5, 5.41) is 1.79. The zero-order valence-corrected chi connectivity index (χ0v) is 13.1. The second-order valence-electron chi connectivity index (χ2n) is 4.80. The summed E-state index contributed by atoms with van der Waals surface area (Å²) in [7, 11) is -3.28. The Labute approximate surface area is 121 Å². The molecule has 1 N–H and O–H groups in total. The van der Waals surface area contributed by atoms with Crippen LogP contribution in [0.2, 0.25) is 0 Å². The number of sulfone groups is 1. The Balaban J connectivity index is 2.14. The van der Waals surface area contributed by atoms with Crippen molar-refractivity contribution in [1.82, 2.24) is 0 Å². The number of carbonyl (C=O) groups is 1. The standard InChI is InChI=1S/C13H16BrNO3S/c1-9-5-6-10(8-11(9)14)15-13(16)12-4-2-3-7-19(12,17)18/h5-6,8,12H,2-4,7H2,1H3,(H,15,16). The van der Waals surface area contributed by atoms with E-state index >= 15 is 0 Å². The second-order valence-corrected chi connectivity index (χ2v) is 7.96. The van der Waals surface area contributed by atoms with Crippen LogP contribution in [-0.2, 0) is 14.6 Å². The van der Waals surface area contributed by atoms with Crippen LogP contribution in [0.1, 0.15) is 24.8 Å². The van der Waals surface area contributed by atoms with Crippen LogP contribution in [0.25, 0.3) is 0 Å². The number of halogens is 1. The number of amides is 1. The highest BCUT2D eigenvalue weighted by molar-refractivity contribution is 9.10. The lowest BCUT2D eigenvalue weighted by atomic mass is 10.1. The molecule has 6 heteroatoms. The lowest BCUT2D eigenvalue weighted by Crippen LogP contribution is -2.39. The quantitative estimate of drug-likeness (QED) is 0.896. The van der Waals surface area contributed by atoms with Crippen molar-refractivity contribution in [2.45, 2.75) is 31.4 Å². The second kappa shape index (κ2) is 5.63. The largest absolute Gasteiger partial charge is 0.325 e. The highest BCUT2D eigenvalue weighted by Gasteiger charge is 2.34. The fraction of sp³-hybridized carbons (Fsp3) is 0.462. The Kier molecular flexibility index (Phi) is 4.30. The monoisotopic (exact) mass is 345 g/mol. The van der Waals surface area contributed by atoms with Gasteiger partial charge in [-0.25, -0.2) is 8.42 Å². The zero-order valence-electron chi connectivity index (χ0n) is 10.6. The van der Waals surface area contributed by atoms with E-state index in [9.17, 15) is 13.2 Å². The van der Waals surface area contributed by atoms with E-state index in [1.807, 2.05) is 13.0 Å². The first-order chi connectivity index (χ1) is 8.90. The molecule has 0 saturated carbocycles. The van der Waals surface area contributed by atoms with Gasteiger partial charge in [0.05, 0.1) is 5.75 Å². The van der Waals surface area contributed by atoms with Gasteiger partial charge in [-0.2, -0.15) is 0 Å². The van der Waals surface area contributed by atoms with E-state index in [1.54, 1.807) is 12.1 Å². The summed E-state index contributed by atoms with van der Waals surface area (Å²) in [5.41, 5.74) is 1.67. The number of carbonyl (C=O) groups excluding carboxylic acids is 1. The van der Waals surface area contributed by atoms with Crippen LogP contribution in [0.3, 0.4) is 0 Å². The number of nitrogens with one attached hydrogen (secondary N) is 1. The minimum Gasteiger partial charge on any atom is -0.325 e. The molecular formula is C13H16BrNO3S. The Bertz CT molecular complexity index is 598. The van der Waals surface area contributed by atoms with Crippen molar-refractivity contribution in [3.8, 4) is 0 Å². The Hall–Kier alpha value is -0.880. The van der Waals surface area contributed by atoms with Gasteiger partial charge in [-0.1, -0.05) is 28.4 Å². The number of benzene rings is 1. The molecule has 1 aromatic rings. The molecule has 1 aliphatic heterocycles. The number of aryl methyl sites for hydroxylation is 1. The molecule has 1 aromatic carbocycles. The Morgan fingerprint density at radius 1 is 1.37 bits per heavy atom. The molecule has 0 aliphatic carbocycles. The van der Waals surface area contributed by atoms with Crippen molar-refractivity contribution < 1.29 is 13.2 Å². The first kappa shape index (κ1) is 14.5. The number of hydrogen-bond donors (Lipinski definition) is 1. The first-order valence-corrected chi connectivity index (χ1v) is 8.69. The van der Waals surface area contributed by atoms with Crippen molar-refractivity contribution in [1.29, 1.82) is 0 Å². The summed E-state index contributed by atoms with van der Waals surface area (Å²) in [4.78, 5) is 12.1. The molecule has 1 fully saturated rings. The summed E-state index contributed by atoms with van der Waals surface area (Å²) < 4.78 is 24.6. The third-order valence-electron chi connectivity index (χ3n) is 3.31. The number of rotatable bonds is 2. The minimum atomic E-state index is -3.28. The lowest BCUT2D eigenvalue weighted by molar-refractivity contribution is -0.116. The van der Waals surface area contributed by atoms with Crippen LogP contribution < -0.4 is 5.32 Å². The third kappa shape index (κ3) is 3.36. The fourth-order valence-corrected chi connectivity index (χ4v) is 4.32. The molecule has 0 bridgehead atoms. The average molecular weight is 346 g/mol. The molecule has 19 heavy (non-hydrogen) atoms. The maximum atomic E-state index is 12.1. The van der Waals surface area contributed by atoms with E-state index in [4.69, 9.17) is 0 Å². The van der Waals surface area contributed by atoms with Crippen LogP contribution in [0.5, 0.6) is 0 Å². The fourth-order valence-electron chi connectivity index (χ4n) is 2.14. The zero-order chi connectivity index (χ0) is 14.0. The molecule has 1 amide bonds. The molecule has 0 spiro atoms. The first-order valence-electron chi connectivity index (χ1n) is 6.19. The van der Waals surface area contributed by atoms with Crippen molar-refractivity contribution in [2.75, 3.05) is 11.1 Å². The molecule has 2 rings (SSSR count). The van der Waals surface area contributed by atoms with Gasteiger partial charge in [0.2, 0.25) is 5.91 Å². The van der Waals surface area contributed by atoms with Gasteiger partial charge in [0.1, 0.15) is 5.25 Å². The molecule has 1 unspecified atom stereocenters. The van der Waals surface area contributed by atoms with Gasteiger partial charge in [0.15, 0.2) is 9.84 Å². The van der Waals surface area contributed by atoms with Gasteiger partial charge in [-0.05, 0) is 37.5 Å². The molecule has 4 nitrogen and oxygen atoms in total. The normalized spacial score (nSPS) is 21.9. The van der Waals surface area contributed by atoms with Crippen molar-refractivity contribution >= 4 is 37.4 Å². The maximum absolute atomic E-state index is 12.1. The van der Waals surface area contributed by atoms with Crippen LogP contribution in [0, 0.1) is 6.92 Å². The summed E-state index contributed by atoms with van der Waals surface area (Å²) in [6, 6.07) is 5.42. The summed E-state index contributed by atoms with van der Waals surface area (Å²) in [6.07, 6.45) is 1.86. The van der Waals surface area contributed by atoms with Gasteiger partial charge in [0.25, 0.3) is 0 Å². The predicted octanol–water partition coefficient (Wildman–Crippen LogP) is 2.66. The molecule has 1 atom stereocenters. The smallest absolute Gasteiger partial charge is 0.242 e. The molecule has 1 aliphatic rings. The van der Waals surface area contributed by atoms with Gasteiger partial charge in [-0.3, -0.25) is 4.79 Å². The highest BCUT2D eigenvalue weighted by atomic mass is 79.9. The van der Waals surface area contributed by atoms with Crippen LogP contribution in [-0.4, -0.2) is 25.3 Å². The summed E-state index contributed by atoms with van der Waals surface area (Å²) in [5.74, 6) is -0.307. The van der Waals surface area contributed by atoms with Crippen LogP contribution in [0.15, 0.2) is 22.7 Å². The van der Waals surface area contributed by atoms with Gasteiger partial charge in [-0.15, -0.1) is 0 Å². The van der Waals surface area contributed by atoms with E-state index in [-0.39, 0.29) is 5.75 Å². The molecule has 0 aromatic heterocycles. The minimum absolute atomic E-state index is 0.114. The van der Waals surface area contributed by atoms with E-state index in [0.29, 0.717) is 18.5 Å². The summed E-state index contributed by atoms with van der Waals surface area (Å²) >= 11 is 3.38. The van der Waals surface area contributed by atoms with Gasteiger partial charge in [0, 0.05) is 10.2 Å². The van der Waals surface area contributed by atoms with Gasteiger partial charge < -0.3 is 5.32 Å². The SMILES string of the molecule is Cc1ccc(NC(=O)C2CCCCS2(=O)=O)cc1Br.